The summed E-state index contributed by atoms with van der Waals surface area (Å²) in [5.74, 6) is 0. The number of allylic oxidation sites excluding steroid dienone is 5. The van der Waals surface area contributed by atoms with Crippen LogP contribution < -0.4 is 5.56 Å². The van der Waals surface area contributed by atoms with Crippen LogP contribution in [0.3, 0.4) is 0 Å². The molecule has 58 heavy (non-hydrogen) atoms. The summed E-state index contributed by atoms with van der Waals surface area (Å²) in [7, 11) is 0. The molecule has 2 heterocycles. The van der Waals surface area contributed by atoms with Gasteiger partial charge in [-0.05, 0) is 134 Å². The molecule has 0 bridgehead atoms. The Kier molecular flexibility index (Phi) is 8.73. The molecule has 0 aliphatic carbocycles. The average molecular weight is 742 g/mol. The van der Waals surface area contributed by atoms with E-state index in [1.54, 1.807) is 0 Å². The van der Waals surface area contributed by atoms with Crippen molar-refractivity contribution in [3.8, 4) is 55.6 Å². The van der Waals surface area contributed by atoms with E-state index in [0.717, 1.165) is 88.0 Å². The largest absolute Gasteiger partial charge is 0.275 e. The van der Waals surface area contributed by atoms with Gasteiger partial charge in [-0.1, -0.05) is 158 Å². The minimum Gasteiger partial charge on any atom is -0.275 e. The number of pyridine rings is 1. The Labute approximate surface area is 338 Å². The second-order valence-corrected chi connectivity index (χ2v) is 14.9. The molecule has 8 aromatic carbocycles. The van der Waals surface area contributed by atoms with Crippen LogP contribution in [0.5, 0.6) is 0 Å². The summed E-state index contributed by atoms with van der Waals surface area (Å²) in [6.07, 6.45) is 8.06. The summed E-state index contributed by atoms with van der Waals surface area (Å²) in [4.78, 5) is 14.3. The summed E-state index contributed by atoms with van der Waals surface area (Å²) >= 11 is 0. The van der Waals surface area contributed by atoms with Crippen LogP contribution in [0.25, 0.3) is 99.2 Å². The second kappa shape index (κ2) is 14.5. The van der Waals surface area contributed by atoms with Crippen LogP contribution in [-0.4, -0.2) is 4.40 Å². The molecule has 0 amide bonds. The van der Waals surface area contributed by atoms with Gasteiger partial charge in [0.2, 0.25) is 0 Å². The molecule has 0 radical (unpaired) electrons. The maximum Gasteiger partial charge on any atom is 0.263 e. The van der Waals surface area contributed by atoms with Crippen molar-refractivity contribution in [2.24, 2.45) is 0 Å². The highest BCUT2D eigenvalue weighted by molar-refractivity contribution is 6.22. The first-order valence-corrected chi connectivity index (χ1v) is 19.8. The first kappa shape index (κ1) is 34.9. The van der Waals surface area contributed by atoms with Crippen molar-refractivity contribution < 1.29 is 0 Å². The van der Waals surface area contributed by atoms with Gasteiger partial charge in [0.15, 0.2) is 0 Å². The lowest BCUT2D eigenvalue weighted by molar-refractivity contribution is 1.21. The molecule has 2 nitrogen and oxygen atoms in total. The van der Waals surface area contributed by atoms with Crippen LogP contribution in [0.1, 0.15) is 12.5 Å². The van der Waals surface area contributed by atoms with Crippen LogP contribution in [-0.2, 0) is 0 Å². The zero-order valence-corrected chi connectivity index (χ0v) is 32.2. The molecular formula is C56H39NO. The molecule has 0 saturated carbocycles. The SMILES string of the molecule is C=C/C(=C\C=C/C)c1cccc(-c2cccc(-c3ccc4c(c3)c3cc(-c5cccc(-c6cccc(-c7ccccc7)c6)c5)cc5c6ccccc6c(=O)n4c53)c2)c1. The van der Waals surface area contributed by atoms with Gasteiger partial charge in [0, 0.05) is 21.5 Å². The number of rotatable bonds is 8. The van der Waals surface area contributed by atoms with E-state index >= 15 is 0 Å². The molecule has 2 heteroatoms. The molecule has 0 aliphatic rings. The summed E-state index contributed by atoms with van der Waals surface area (Å²) in [5, 5.41) is 4.88. The van der Waals surface area contributed by atoms with Crippen molar-refractivity contribution in [2.75, 3.05) is 0 Å². The zero-order valence-electron chi connectivity index (χ0n) is 32.2. The summed E-state index contributed by atoms with van der Waals surface area (Å²) in [6, 6.07) is 64.5. The molecule has 0 aliphatic heterocycles. The maximum atomic E-state index is 14.3. The predicted octanol–water partition coefficient (Wildman–Crippen LogP) is 14.7. The van der Waals surface area contributed by atoms with E-state index in [-0.39, 0.29) is 5.56 Å². The molecule has 10 aromatic rings. The molecule has 0 N–H and O–H groups in total. The van der Waals surface area contributed by atoms with Crippen LogP contribution in [0.15, 0.2) is 218 Å². The van der Waals surface area contributed by atoms with Crippen LogP contribution in [0.4, 0.5) is 0 Å². The second-order valence-electron chi connectivity index (χ2n) is 14.9. The fraction of sp³-hybridized carbons (Fsp3) is 0.0179. The number of benzene rings is 8. The standard InChI is InChI=1S/C56H39NO/c1-3-5-15-37(4-2)39-18-11-20-41(30-39)43-22-13-24-45(32-43)47-28-29-54-51(34-47)53-36-48(35-52-49-26-9-10-27-50(49)56(58)57(54)55(52)53)46-25-14-23-44(33-46)42-21-12-19-40(31-42)38-16-7-6-8-17-38/h3-36H,2H2,1H3/b5-3-,37-15+. The Morgan fingerprint density at radius 2 is 0.931 bits per heavy atom. The minimum atomic E-state index is 0.00754. The van der Waals surface area contributed by atoms with Gasteiger partial charge in [-0.25, -0.2) is 0 Å². The van der Waals surface area contributed by atoms with Crippen molar-refractivity contribution in [1.82, 2.24) is 4.40 Å². The van der Waals surface area contributed by atoms with Gasteiger partial charge in [0.25, 0.3) is 5.56 Å². The molecule has 0 fully saturated rings. The van der Waals surface area contributed by atoms with Gasteiger partial charge < -0.3 is 0 Å². The number of fused-ring (bicyclic) bond motifs is 5. The van der Waals surface area contributed by atoms with E-state index in [4.69, 9.17) is 0 Å². The summed E-state index contributed by atoms with van der Waals surface area (Å²) in [5.41, 5.74) is 15.5. The van der Waals surface area contributed by atoms with Crippen LogP contribution >= 0.6 is 0 Å². The quantitative estimate of drug-likeness (QED) is 0.112. The van der Waals surface area contributed by atoms with E-state index in [9.17, 15) is 4.79 Å². The van der Waals surface area contributed by atoms with Crippen molar-refractivity contribution in [3.05, 3.63) is 229 Å². The first-order chi connectivity index (χ1) is 28.6. The third kappa shape index (κ3) is 6.03. The molecule has 0 saturated heterocycles. The molecular weight excluding hydrogens is 703 g/mol. The van der Waals surface area contributed by atoms with E-state index in [1.807, 2.05) is 47.8 Å². The third-order valence-corrected chi connectivity index (χ3v) is 11.4. The van der Waals surface area contributed by atoms with E-state index in [0.29, 0.717) is 0 Å². The van der Waals surface area contributed by atoms with Crippen molar-refractivity contribution in [3.63, 3.8) is 0 Å². The lowest BCUT2D eigenvalue weighted by atomic mass is 9.93. The van der Waals surface area contributed by atoms with E-state index in [1.165, 1.54) is 16.7 Å². The zero-order chi connectivity index (χ0) is 39.2. The molecule has 10 rings (SSSR count). The van der Waals surface area contributed by atoms with E-state index in [2.05, 4.69) is 176 Å². The Morgan fingerprint density at radius 3 is 1.55 bits per heavy atom. The highest BCUT2D eigenvalue weighted by atomic mass is 16.1. The van der Waals surface area contributed by atoms with E-state index < -0.39 is 0 Å². The van der Waals surface area contributed by atoms with Crippen molar-refractivity contribution in [1.29, 1.82) is 0 Å². The van der Waals surface area contributed by atoms with Crippen molar-refractivity contribution >= 4 is 43.5 Å². The highest BCUT2D eigenvalue weighted by Gasteiger charge is 2.19. The highest BCUT2D eigenvalue weighted by Crippen LogP contribution is 2.40. The predicted molar refractivity (Wildman–Crippen MR) is 248 cm³/mol. The minimum absolute atomic E-state index is 0.00754. The van der Waals surface area contributed by atoms with Gasteiger partial charge >= 0.3 is 0 Å². The molecule has 2 aromatic heterocycles. The van der Waals surface area contributed by atoms with Crippen molar-refractivity contribution in [2.45, 2.75) is 6.92 Å². The molecule has 0 spiro atoms. The summed E-state index contributed by atoms with van der Waals surface area (Å²) < 4.78 is 1.93. The number of aromatic nitrogens is 1. The Balaban J connectivity index is 1.13. The normalized spacial score (nSPS) is 12.1. The lowest BCUT2D eigenvalue weighted by Gasteiger charge is -2.11. The maximum absolute atomic E-state index is 14.3. The number of hydrogen-bond donors (Lipinski definition) is 0. The van der Waals surface area contributed by atoms with Crippen LogP contribution in [0, 0.1) is 0 Å². The third-order valence-electron chi connectivity index (χ3n) is 11.4. The Morgan fingerprint density at radius 1 is 0.448 bits per heavy atom. The molecule has 0 atom stereocenters. The first-order valence-electron chi connectivity index (χ1n) is 19.8. The monoisotopic (exact) mass is 741 g/mol. The topological polar surface area (TPSA) is 21.5 Å². The number of nitrogens with zero attached hydrogens (tertiary/aromatic N) is 1. The summed E-state index contributed by atoms with van der Waals surface area (Å²) in [6.45, 7) is 6.07. The van der Waals surface area contributed by atoms with Crippen LogP contribution in [0.2, 0.25) is 0 Å². The van der Waals surface area contributed by atoms with Gasteiger partial charge in [-0.2, -0.15) is 0 Å². The fourth-order valence-corrected chi connectivity index (χ4v) is 8.56. The Bertz CT molecular complexity index is 3330. The number of hydrogen-bond acceptors (Lipinski definition) is 1. The van der Waals surface area contributed by atoms with Gasteiger partial charge in [0.05, 0.1) is 11.0 Å². The molecule has 274 valence electrons. The lowest BCUT2D eigenvalue weighted by Crippen LogP contribution is -2.12. The van der Waals surface area contributed by atoms with Gasteiger partial charge in [-0.3, -0.25) is 9.20 Å². The molecule has 0 unspecified atom stereocenters. The van der Waals surface area contributed by atoms with Gasteiger partial charge in [-0.15, -0.1) is 0 Å². The smallest absolute Gasteiger partial charge is 0.263 e. The fourth-order valence-electron chi connectivity index (χ4n) is 8.56. The average Bonchev–Trinajstić information content (AvgIpc) is 3.63. The Hall–Kier alpha value is -7.55. The van der Waals surface area contributed by atoms with Gasteiger partial charge in [0.1, 0.15) is 0 Å².